The number of nitrogens with zero attached hydrogens (tertiary/aromatic N) is 7. The van der Waals surface area contributed by atoms with Gasteiger partial charge in [0.15, 0.2) is 11.6 Å². The highest BCUT2D eigenvalue weighted by Gasteiger charge is 2.52. The van der Waals surface area contributed by atoms with Crippen molar-refractivity contribution in [3.63, 3.8) is 0 Å². The average molecular weight is 1760 g/mol. The Balaban J connectivity index is 0.556. The van der Waals surface area contributed by atoms with Gasteiger partial charge in [-0.2, -0.15) is 0 Å². The molecule has 0 bridgehead atoms. The molecule has 2 aliphatic carbocycles. The minimum absolute atomic E-state index is 0.562. The maximum absolute atomic E-state index is 5.68. The van der Waals surface area contributed by atoms with E-state index in [1.165, 1.54) is 105 Å². The summed E-state index contributed by atoms with van der Waals surface area (Å²) in [5, 5.41) is 8.38. The van der Waals surface area contributed by atoms with Crippen molar-refractivity contribution >= 4 is 66.2 Å². The Morgan fingerprint density at radius 1 is 0.225 bits per heavy atom. The summed E-state index contributed by atoms with van der Waals surface area (Å²) in [4.78, 5) is 22.1. The first kappa shape index (κ1) is 78.6. The van der Waals surface area contributed by atoms with E-state index in [0.717, 1.165) is 156 Å². The molecular weight excluding hydrogens is 1670 g/mol. The molecule has 2 spiro atoms. The maximum atomic E-state index is 5.68. The van der Waals surface area contributed by atoms with Gasteiger partial charge in [0.2, 0.25) is 0 Å². The lowest BCUT2D eigenvalue weighted by Gasteiger charge is -2.39. The number of para-hydroxylation sites is 6. The molecule has 0 radical (unpaired) electrons. The normalized spacial score (nSPS) is 14.7. The second-order valence-electron chi connectivity index (χ2n) is 37.0. The van der Waals surface area contributed by atoms with E-state index in [2.05, 4.69) is 494 Å². The Bertz CT molecular complexity index is 9280. The zero-order valence-electron chi connectivity index (χ0n) is 75.4. The SMILES string of the molecule is C=C/C=c1\c2n(c3ccc(-c4cccc(-c5cc(-c6ccc(-n7c8ccccc8c8ccccc87)cc6)nc(-c6cccc(-c7ccc8c(c7)-c7ccccc7C87c8ccccc8-n8c9ccccc9c9cccc7c98)c6)n5)c4)cc13)-c1ccccc1C1(C=2C)c2ccccc2-c2ccc(-c3ccc(-c4nc(-c5cccc(-c6ccccc6)c5)cc(-c5cccc(-c6ccccc6)c5)n4)cc3)cc21. The largest absolute Gasteiger partial charge is 0.309 e. The molecule has 0 N–H and O–H groups in total. The molecule has 0 saturated heterocycles. The number of benzene rings is 19. The van der Waals surface area contributed by atoms with Crippen LogP contribution < -0.4 is 10.6 Å². The molecule has 0 fully saturated rings. The van der Waals surface area contributed by atoms with Crippen molar-refractivity contribution < 1.29 is 0 Å². The molecule has 2 unspecified atom stereocenters. The van der Waals surface area contributed by atoms with Crippen LogP contribution in [0.15, 0.2) is 474 Å². The number of aromatic nitrogens is 7. The predicted octanol–water partition coefficient (Wildman–Crippen LogP) is 30.9. The fourth-order valence-corrected chi connectivity index (χ4v) is 23.9. The standard InChI is InChI=1S/C131H83N7/c1-3-29-105-108-77-92(66-71-123(108)137-124-56-22-17-50-112(124)130(81(2)126(105)137)109-48-15-10-42-99(109)101-69-64-93(78-115(101)130)84-58-60-86(61-59-84)128-133-118(94-38-24-34-87(72-94)82-30-6-4-7-31-82)80-119(134-128)95-39-25-35-88(73-95)83-32-8-5-9-33-83)89-36-26-40-96(74-89)117-79-116(85-62-67-98(68-63-85)136-120-53-19-12-44-102(120)103-45-13-20-54-121(103)136)132-129(135-117)97-41-27-37-90(75-97)91-65-70-111-107(76-91)100-43-11-16-49-110(100)131(111)113-51-18-23-57-125(113)138-122-55-21-14-46-104(122)106-47-28-52-114(131)127(106)138/h3-80H,1H2,2H3/b105-29-. The molecule has 7 nitrogen and oxygen atoms in total. The Morgan fingerprint density at radius 3 is 1.20 bits per heavy atom. The molecular formula is C131H83N7. The molecule has 0 saturated carbocycles. The maximum Gasteiger partial charge on any atom is 0.160 e. The van der Waals surface area contributed by atoms with Gasteiger partial charge < -0.3 is 13.7 Å². The van der Waals surface area contributed by atoms with Gasteiger partial charge in [0.05, 0.1) is 77.9 Å². The molecule has 0 amide bonds. The smallest absolute Gasteiger partial charge is 0.160 e. The van der Waals surface area contributed by atoms with Gasteiger partial charge in [-0.25, -0.2) is 19.9 Å². The van der Waals surface area contributed by atoms with E-state index in [0.29, 0.717) is 11.6 Å². The highest BCUT2D eigenvalue weighted by Crippen LogP contribution is 2.63. The first-order valence-corrected chi connectivity index (χ1v) is 47.5. The van der Waals surface area contributed by atoms with Crippen LogP contribution in [0.1, 0.15) is 45.9 Å². The quantitative estimate of drug-likeness (QED) is 0.115. The van der Waals surface area contributed by atoms with E-state index < -0.39 is 10.8 Å². The molecule has 28 rings (SSSR count). The fraction of sp³-hybridized carbons (Fsp3) is 0.0229. The number of allylic oxidation sites excluding steroid dienone is 1. The second-order valence-corrected chi connectivity index (χ2v) is 37.0. The van der Waals surface area contributed by atoms with Gasteiger partial charge >= 0.3 is 0 Å². The third-order valence-electron chi connectivity index (χ3n) is 29.9. The summed E-state index contributed by atoms with van der Waals surface area (Å²) in [6.07, 6.45) is 4.19. The van der Waals surface area contributed by atoms with Gasteiger partial charge in [-0.15, -0.1) is 0 Å². The van der Waals surface area contributed by atoms with Gasteiger partial charge in [0.25, 0.3) is 0 Å². The topological polar surface area (TPSA) is 66.3 Å². The summed E-state index contributed by atoms with van der Waals surface area (Å²) >= 11 is 0. The van der Waals surface area contributed by atoms with Crippen LogP contribution in [0.4, 0.5) is 0 Å². The Morgan fingerprint density at radius 2 is 0.594 bits per heavy atom. The average Bonchev–Trinajstić information content (AvgIpc) is 1.50. The second kappa shape index (κ2) is 30.8. The molecule has 7 heterocycles. The number of rotatable bonds is 13. The summed E-state index contributed by atoms with van der Waals surface area (Å²) in [6.45, 7) is 6.84. The van der Waals surface area contributed by atoms with E-state index in [1.807, 2.05) is 6.08 Å². The van der Waals surface area contributed by atoms with E-state index in [1.54, 1.807) is 0 Å². The molecule has 5 aromatic heterocycles. The number of hydrogen-bond donors (Lipinski definition) is 0. The van der Waals surface area contributed by atoms with Gasteiger partial charge in [-0.1, -0.05) is 377 Å². The van der Waals surface area contributed by atoms with Crippen LogP contribution in [0.2, 0.25) is 0 Å². The van der Waals surface area contributed by atoms with E-state index in [-0.39, 0.29) is 0 Å². The Hall–Kier alpha value is -18.0. The lowest BCUT2D eigenvalue weighted by molar-refractivity contribution is 0.748. The lowest BCUT2D eigenvalue weighted by Crippen LogP contribution is -2.44. The lowest BCUT2D eigenvalue weighted by atomic mass is 9.65. The van der Waals surface area contributed by atoms with Crippen LogP contribution in [-0.4, -0.2) is 33.6 Å². The number of fused-ring (bicyclic) bond motifs is 26. The molecule has 2 atom stereocenters. The minimum Gasteiger partial charge on any atom is -0.309 e. The van der Waals surface area contributed by atoms with E-state index in [9.17, 15) is 0 Å². The minimum atomic E-state index is -0.683. The van der Waals surface area contributed by atoms with Crippen molar-refractivity contribution in [2.24, 2.45) is 0 Å². The van der Waals surface area contributed by atoms with Crippen LogP contribution in [0, 0.1) is 0 Å². The molecule has 19 aromatic carbocycles. The predicted molar refractivity (Wildman–Crippen MR) is 569 cm³/mol. The highest BCUT2D eigenvalue weighted by atomic mass is 15.0. The monoisotopic (exact) mass is 1750 g/mol. The molecule has 7 heteroatoms. The van der Waals surface area contributed by atoms with Gasteiger partial charge in [0, 0.05) is 71.2 Å². The van der Waals surface area contributed by atoms with Crippen molar-refractivity contribution in [1.29, 1.82) is 0 Å². The van der Waals surface area contributed by atoms with E-state index in [4.69, 9.17) is 19.9 Å². The van der Waals surface area contributed by atoms with Crippen molar-refractivity contribution in [1.82, 2.24) is 33.6 Å². The highest BCUT2D eigenvalue weighted by molar-refractivity contribution is 6.14. The third-order valence-corrected chi connectivity index (χ3v) is 29.9. The number of hydrogen-bond acceptors (Lipinski definition) is 4. The summed E-state index contributed by atoms with van der Waals surface area (Å²) in [5.74, 6) is 1.29. The molecule has 4 aliphatic rings. The summed E-state index contributed by atoms with van der Waals surface area (Å²) in [6, 6.07) is 169. The van der Waals surface area contributed by atoms with Crippen molar-refractivity contribution in [3.05, 3.63) is 523 Å². The van der Waals surface area contributed by atoms with Crippen molar-refractivity contribution in [2.75, 3.05) is 0 Å². The molecule has 642 valence electrons. The zero-order chi connectivity index (χ0) is 91.0. The Labute approximate surface area is 797 Å². The van der Waals surface area contributed by atoms with Crippen LogP contribution in [0.25, 0.3) is 229 Å². The summed E-state index contributed by atoms with van der Waals surface area (Å²) in [5.41, 5.74) is 43.5. The fourth-order valence-electron chi connectivity index (χ4n) is 23.9. The Kier molecular flexibility index (Phi) is 17.5. The summed E-state index contributed by atoms with van der Waals surface area (Å²) < 4.78 is 7.41. The van der Waals surface area contributed by atoms with Crippen LogP contribution in [-0.2, 0) is 10.8 Å². The van der Waals surface area contributed by atoms with E-state index >= 15 is 0 Å². The molecule has 138 heavy (non-hydrogen) atoms. The van der Waals surface area contributed by atoms with Crippen molar-refractivity contribution in [2.45, 2.75) is 17.8 Å². The van der Waals surface area contributed by atoms with Crippen molar-refractivity contribution in [3.8, 4) is 163 Å². The van der Waals surface area contributed by atoms with Gasteiger partial charge in [0.1, 0.15) is 0 Å². The zero-order valence-corrected chi connectivity index (χ0v) is 75.4. The van der Waals surface area contributed by atoms with Crippen LogP contribution in [0.5, 0.6) is 0 Å². The summed E-state index contributed by atoms with van der Waals surface area (Å²) in [7, 11) is 0. The van der Waals surface area contributed by atoms with Gasteiger partial charge in [-0.05, 0) is 232 Å². The first-order chi connectivity index (χ1) is 68.3. The van der Waals surface area contributed by atoms with Crippen LogP contribution in [0.3, 0.4) is 0 Å². The van der Waals surface area contributed by atoms with Gasteiger partial charge in [-0.3, -0.25) is 0 Å². The van der Waals surface area contributed by atoms with Crippen LogP contribution >= 0.6 is 0 Å². The third kappa shape index (κ3) is 11.7. The molecule has 24 aromatic rings. The first-order valence-electron chi connectivity index (χ1n) is 47.5. The molecule has 2 aliphatic heterocycles.